The number of piperidine rings is 1. The lowest BCUT2D eigenvalue weighted by Crippen LogP contribution is -2.47. The number of carbonyl (C=O) groups excluding carboxylic acids is 3. The van der Waals surface area contributed by atoms with Gasteiger partial charge in [-0.05, 0) is 50.2 Å². The van der Waals surface area contributed by atoms with E-state index in [2.05, 4.69) is 9.98 Å². The van der Waals surface area contributed by atoms with Crippen molar-refractivity contribution in [2.45, 2.75) is 25.7 Å². The Morgan fingerprint density at radius 3 is 2.54 bits per heavy atom. The Bertz CT molecular complexity index is 1020. The van der Waals surface area contributed by atoms with Gasteiger partial charge < -0.3 is 9.64 Å². The largest absolute Gasteiger partial charge is 0.380 e. The summed E-state index contributed by atoms with van der Waals surface area (Å²) >= 11 is 0. The molecule has 8 nitrogen and oxygen atoms in total. The predicted molar refractivity (Wildman–Crippen MR) is 121 cm³/mol. The summed E-state index contributed by atoms with van der Waals surface area (Å²) in [4.78, 5) is 48.9. The molecule has 1 atom stereocenters. The second-order valence-electron chi connectivity index (χ2n) is 8.93. The normalized spacial score (nSPS) is 21.4. The Hall–Kier alpha value is -2.92. The number of rotatable bonds is 8. The van der Waals surface area contributed by atoms with E-state index in [9.17, 15) is 27.6 Å². The van der Waals surface area contributed by atoms with Crippen LogP contribution >= 0.6 is 0 Å². The quantitative estimate of drug-likeness (QED) is 0.519. The molecule has 3 heterocycles. The highest BCUT2D eigenvalue weighted by atomic mass is 19.3. The molecule has 0 saturated carbocycles. The lowest BCUT2D eigenvalue weighted by Gasteiger charge is -2.33. The SMILES string of the molecule is O=C(c1ccc(F)cc1)C1CCN(CC(=O)N(CC2=NC(=O)C3COCCC3=N2)CC(F)F)CC1. The number of benzene rings is 1. The van der Waals surface area contributed by atoms with E-state index < -0.39 is 36.5 Å². The van der Waals surface area contributed by atoms with Crippen LogP contribution in [0.5, 0.6) is 0 Å². The smallest absolute Gasteiger partial charge is 0.258 e. The van der Waals surface area contributed by atoms with Crippen molar-refractivity contribution in [2.75, 3.05) is 45.9 Å². The van der Waals surface area contributed by atoms with Gasteiger partial charge in [0.25, 0.3) is 12.3 Å². The fraction of sp³-hybridized carbons (Fsp3) is 0.542. The number of fused-ring (bicyclic) bond motifs is 1. The summed E-state index contributed by atoms with van der Waals surface area (Å²) in [6, 6.07) is 5.41. The summed E-state index contributed by atoms with van der Waals surface area (Å²) in [5.41, 5.74) is 1.06. The zero-order valence-corrected chi connectivity index (χ0v) is 19.2. The average Bonchev–Trinajstić information content (AvgIpc) is 2.84. The lowest BCUT2D eigenvalue weighted by molar-refractivity contribution is -0.134. The Kier molecular flexibility index (Phi) is 8.07. The van der Waals surface area contributed by atoms with Crippen LogP contribution in [0, 0.1) is 17.7 Å². The number of amidine groups is 1. The molecule has 0 aliphatic carbocycles. The lowest BCUT2D eigenvalue weighted by atomic mass is 9.89. The van der Waals surface area contributed by atoms with Crippen LogP contribution in [0.1, 0.15) is 29.6 Å². The number of nitrogens with zero attached hydrogens (tertiary/aromatic N) is 4. The number of aliphatic imine (C=N–C) groups is 2. The Balaban J connectivity index is 1.33. The topological polar surface area (TPSA) is 91.6 Å². The number of hydrogen-bond acceptors (Lipinski definition) is 6. The molecule has 3 aliphatic heterocycles. The van der Waals surface area contributed by atoms with Crippen LogP contribution in [0.3, 0.4) is 0 Å². The van der Waals surface area contributed by atoms with Gasteiger partial charge in [0.05, 0.1) is 32.8 Å². The maximum Gasteiger partial charge on any atom is 0.258 e. The van der Waals surface area contributed by atoms with Gasteiger partial charge in [-0.25, -0.2) is 18.2 Å². The molecule has 0 spiro atoms. The number of alkyl halides is 2. The number of carbonyl (C=O) groups is 3. The Morgan fingerprint density at radius 2 is 1.86 bits per heavy atom. The van der Waals surface area contributed by atoms with Gasteiger partial charge in [0.15, 0.2) is 11.6 Å². The summed E-state index contributed by atoms with van der Waals surface area (Å²) in [7, 11) is 0. The summed E-state index contributed by atoms with van der Waals surface area (Å²) in [5, 5.41) is 0. The maximum atomic E-state index is 13.2. The van der Waals surface area contributed by atoms with Crippen molar-refractivity contribution in [1.29, 1.82) is 0 Å². The molecule has 0 bridgehead atoms. The van der Waals surface area contributed by atoms with E-state index in [1.54, 1.807) is 0 Å². The first-order chi connectivity index (χ1) is 16.8. The van der Waals surface area contributed by atoms with Crippen LogP contribution in [0.2, 0.25) is 0 Å². The minimum Gasteiger partial charge on any atom is -0.380 e. The molecule has 0 N–H and O–H groups in total. The minimum absolute atomic E-state index is 0.0563. The first-order valence-corrected chi connectivity index (χ1v) is 11.6. The average molecular weight is 492 g/mol. The van der Waals surface area contributed by atoms with Crippen molar-refractivity contribution >= 4 is 29.1 Å². The molecule has 0 aromatic heterocycles. The number of likely N-dealkylation sites (tertiary alicyclic amines) is 1. The first kappa shape index (κ1) is 25.2. The van der Waals surface area contributed by atoms with E-state index in [1.165, 1.54) is 24.3 Å². The zero-order chi connectivity index (χ0) is 24.9. The van der Waals surface area contributed by atoms with Crippen molar-refractivity contribution < 1.29 is 32.3 Å². The molecule has 1 aromatic rings. The number of hydrogen-bond donors (Lipinski definition) is 0. The predicted octanol–water partition coefficient (Wildman–Crippen LogP) is 2.23. The molecule has 4 rings (SSSR count). The third kappa shape index (κ3) is 6.40. The third-order valence-electron chi connectivity index (χ3n) is 6.49. The molecule has 1 aromatic carbocycles. The van der Waals surface area contributed by atoms with Crippen molar-refractivity contribution in [3.63, 3.8) is 0 Å². The second kappa shape index (κ2) is 11.2. The van der Waals surface area contributed by atoms with Crippen molar-refractivity contribution in [3.05, 3.63) is 35.6 Å². The van der Waals surface area contributed by atoms with E-state index in [0.29, 0.717) is 50.2 Å². The molecule has 11 heteroatoms. The van der Waals surface area contributed by atoms with Gasteiger partial charge in [-0.3, -0.25) is 19.3 Å². The summed E-state index contributed by atoms with van der Waals surface area (Å²) in [6.07, 6.45) is -1.27. The van der Waals surface area contributed by atoms with Crippen LogP contribution in [-0.2, 0) is 14.3 Å². The minimum atomic E-state index is -2.75. The standard InChI is InChI=1S/C24H27F3N4O4/c25-17-3-1-15(2-4-17)23(33)16-5-8-30(9-6-16)13-22(32)31(11-20(26)27)12-21-28-19-7-10-35-14-18(19)24(34)29-21/h1-4,16,18,20H,5-14H2. The second-order valence-corrected chi connectivity index (χ2v) is 8.93. The molecular weight excluding hydrogens is 465 g/mol. The fourth-order valence-electron chi connectivity index (χ4n) is 4.55. The van der Waals surface area contributed by atoms with E-state index >= 15 is 0 Å². The summed E-state index contributed by atoms with van der Waals surface area (Å²) in [6.45, 7) is 0.389. The molecular formula is C24H27F3N4O4. The first-order valence-electron chi connectivity index (χ1n) is 11.6. The molecule has 2 saturated heterocycles. The van der Waals surface area contributed by atoms with E-state index in [-0.39, 0.29) is 37.2 Å². The molecule has 0 radical (unpaired) electrons. The van der Waals surface area contributed by atoms with Gasteiger partial charge in [-0.2, -0.15) is 4.99 Å². The van der Waals surface area contributed by atoms with E-state index in [4.69, 9.17) is 4.74 Å². The van der Waals surface area contributed by atoms with Gasteiger partial charge in [0.1, 0.15) is 11.7 Å². The van der Waals surface area contributed by atoms with Gasteiger partial charge in [-0.15, -0.1) is 0 Å². The summed E-state index contributed by atoms with van der Waals surface area (Å²) in [5.74, 6) is -2.15. The highest BCUT2D eigenvalue weighted by molar-refractivity contribution is 6.17. The number of halogens is 3. The Labute approximate surface area is 200 Å². The molecule has 2 fully saturated rings. The molecule has 188 valence electrons. The highest BCUT2D eigenvalue weighted by Crippen LogP contribution is 2.22. The zero-order valence-electron chi connectivity index (χ0n) is 19.2. The van der Waals surface area contributed by atoms with Crippen molar-refractivity contribution in [2.24, 2.45) is 21.8 Å². The van der Waals surface area contributed by atoms with Gasteiger partial charge in [-0.1, -0.05) is 0 Å². The van der Waals surface area contributed by atoms with Gasteiger partial charge in [0.2, 0.25) is 5.91 Å². The van der Waals surface area contributed by atoms with E-state index in [0.717, 1.165) is 4.90 Å². The number of ether oxygens (including phenoxy) is 1. The number of ketones is 1. The van der Waals surface area contributed by atoms with Crippen molar-refractivity contribution in [3.8, 4) is 0 Å². The third-order valence-corrected chi connectivity index (χ3v) is 6.49. The van der Waals surface area contributed by atoms with Crippen LogP contribution < -0.4 is 0 Å². The van der Waals surface area contributed by atoms with Gasteiger partial charge in [0, 0.05) is 23.6 Å². The van der Waals surface area contributed by atoms with Crippen LogP contribution in [-0.4, -0.2) is 91.3 Å². The summed E-state index contributed by atoms with van der Waals surface area (Å²) < 4.78 is 44.8. The van der Waals surface area contributed by atoms with Crippen molar-refractivity contribution in [1.82, 2.24) is 9.80 Å². The maximum absolute atomic E-state index is 13.2. The molecule has 1 unspecified atom stereocenters. The van der Waals surface area contributed by atoms with Crippen LogP contribution in [0.25, 0.3) is 0 Å². The van der Waals surface area contributed by atoms with Crippen LogP contribution in [0.15, 0.2) is 34.3 Å². The molecule has 3 aliphatic rings. The fourth-order valence-corrected chi connectivity index (χ4v) is 4.55. The number of Topliss-reactive ketones (excluding diaryl/α,β-unsaturated/α-hetero) is 1. The van der Waals surface area contributed by atoms with E-state index in [1.807, 2.05) is 4.90 Å². The molecule has 2 amide bonds. The molecule has 35 heavy (non-hydrogen) atoms. The van der Waals surface area contributed by atoms with Gasteiger partial charge >= 0.3 is 0 Å². The highest BCUT2D eigenvalue weighted by Gasteiger charge is 2.33. The Morgan fingerprint density at radius 1 is 1.14 bits per heavy atom. The number of amides is 2. The monoisotopic (exact) mass is 492 g/mol. The van der Waals surface area contributed by atoms with Crippen LogP contribution in [0.4, 0.5) is 13.2 Å².